The summed E-state index contributed by atoms with van der Waals surface area (Å²) in [7, 11) is 0. The van der Waals surface area contributed by atoms with Crippen molar-refractivity contribution in [3.8, 4) is 12.1 Å². The molecule has 0 N–H and O–H groups in total. The van der Waals surface area contributed by atoms with E-state index >= 15 is 0 Å². The van der Waals surface area contributed by atoms with E-state index in [1.54, 1.807) is 6.08 Å². The second-order valence-corrected chi connectivity index (χ2v) is 1.81. The van der Waals surface area contributed by atoms with Crippen molar-refractivity contribution >= 4 is 5.71 Å². The molecule has 0 saturated heterocycles. The van der Waals surface area contributed by atoms with Crippen LogP contribution in [0.25, 0.3) is 5.53 Å². The van der Waals surface area contributed by atoms with Crippen LogP contribution in [-0.2, 0) is 0 Å². The molecule has 1 aliphatic carbocycles. The summed E-state index contributed by atoms with van der Waals surface area (Å²) in [5, 5.41) is 14.5. The van der Waals surface area contributed by atoms with Gasteiger partial charge >= 0.3 is 0 Å². The van der Waals surface area contributed by atoms with Gasteiger partial charge in [0.15, 0.2) is 12.1 Å². The normalized spacial score (nSPS) is 11.7. The maximum Gasteiger partial charge on any atom is 0.295 e. The SMILES string of the molecule is N#CC#N.[N-]=[N+]=C1C=CC=CC1. The molecule has 1 aliphatic rings. The Bertz CT molecular complexity index is 306. The van der Waals surface area contributed by atoms with Crippen LogP contribution in [0.1, 0.15) is 6.42 Å². The monoisotopic (exact) mass is 158 g/mol. The van der Waals surface area contributed by atoms with Crippen LogP contribution in [-0.4, -0.2) is 10.5 Å². The summed E-state index contributed by atoms with van der Waals surface area (Å²) in [5.74, 6) is 0. The van der Waals surface area contributed by atoms with Gasteiger partial charge in [0.05, 0.1) is 6.42 Å². The fourth-order valence-corrected chi connectivity index (χ4v) is 0.576. The van der Waals surface area contributed by atoms with Crippen molar-refractivity contribution in [2.75, 3.05) is 0 Å². The zero-order valence-corrected chi connectivity index (χ0v) is 6.31. The summed E-state index contributed by atoms with van der Waals surface area (Å²) >= 11 is 0. The predicted molar refractivity (Wildman–Crippen MR) is 42.7 cm³/mol. The molecule has 0 aromatic carbocycles. The van der Waals surface area contributed by atoms with Crippen LogP contribution in [0.4, 0.5) is 0 Å². The van der Waals surface area contributed by atoms with Gasteiger partial charge in [0.25, 0.3) is 5.71 Å². The van der Waals surface area contributed by atoms with Crippen molar-refractivity contribution in [1.82, 2.24) is 0 Å². The van der Waals surface area contributed by atoms with Gasteiger partial charge in [-0.15, -0.1) is 0 Å². The zero-order valence-electron chi connectivity index (χ0n) is 6.31. The van der Waals surface area contributed by atoms with Crippen LogP contribution in [0.2, 0.25) is 0 Å². The molecular formula is C8H6N4. The minimum Gasteiger partial charge on any atom is -0.361 e. The smallest absolute Gasteiger partial charge is 0.295 e. The molecule has 0 bridgehead atoms. The Morgan fingerprint density at radius 2 is 2.00 bits per heavy atom. The largest absolute Gasteiger partial charge is 0.361 e. The maximum absolute atomic E-state index is 8.19. The fraction of sp³-hybridized carbons (Fsp3) is 0.125. The molecule has 4 heteroatoms. The van der Waals surface area contributed by atoms with E-state index in [9.17, 15) is 0 Å². The fourth-order valence-electron chi connectivity index (χ4n) is 0.576. The van der Waals surface area contributed by atoms with Gasteiger partial charge < -0.3 is 5.53 Å². The van der Waals surface area contributed by atoms with Gasteiger partial charge in [-0.1, -0.05) is 18.2 Å². The van der Waals surface area contributed by atoms with E-state index in [2.05, 4.69) is 4.79 Å². The van der Waals surface area contributed by atoms with Gasteiger partial charge in [0.1, 0.15) is 0 Å². The van der Waals surface area contributed by atoms with E-state index in [1.165, 1.54) is 12.1 Å². The van der Waals surface area contributed by atoms with Crippen LogP contribution in [0.5, 0.6) is 0 Å². The van der Waals surface area contributed by atoms with E-state index in [-0.39, 0.29) is 0 Å². The lowest BCUT2D eigenvalue weighted by atomic mass is 10.2. The molecule has 4 nitrogen and oxygen atoms in total. The third-order valence-electron chi connectivity index (χ3n) is 1.04. The first-order valence-corrected chi connectivity index (χ1v) is 3.17. The first kappa shape index (κ1) is 9.84. The van der Waals surface area contributed by atoms with Crippen molar-refractivity contribution < 1.29 is 4.79 Å². The van der Waals surface area contributed by atoms with Gasteiger partial charge in [-0.25, -0.2) is 0 Å². The summed E-state index contributed by atoms with van der Waals surface area (Å²) in [6, 6.07) is 2.47. The highest BCUT2D eigenvalue weighted by molar-refractivity contribution is 5.92. The first-order valence-electron chi connectivity index (χ1n) is 3.17. The third-order valence-corrected chi connectivity index (χ3v) is 1.04. The van der Waals surface area contributed by atoms with Gasteiger partial charge in [0, 0.05) is 6.08 Å². The second kappa shape index (κ2) is 6.95. The van der Waals surface area contributed by atoms with Crippen molar-refractivity contribution in [3.63, 3.8) is 0 Å². The molecule has 0 fully saturated rings. The van der Waals surface area contributed by atoms with Crippen molar-refractivity contribution in [1.29, 1.82) is 10.5 Å². The average molecular weight is 158 g/mol. The molecule has 0 heterocycles. The summed E-state index contributed by atoms with van der Waals surface area (Å²) in [5.41, 5.74) is 8.91. The van der Waals surface area contributed by atoms with Gasteiger partial charge in [-0.3, -0.25) is 0 Å². The van der Waals surface area contributed by atoms with Gasteiger partial charge in [0.2, 0.25) is 0 Å². The Hall–Kier alpha value is -2.16. The lowest BCUT2D eigenvalue weighted by Crippen LogP contribution is -1.93. The van der Waals surface area contributed by atoms with E-state index in [0.29, 0.717) is 5.71 Å². The number of nitriles is 2. The number of rotatable bonds is 0. The molecule has 12 heavy (non-hydrogen) atoms. The van der Waals surface area contributed by atoms with E-state index in [4.69, 9.17) is 16.1 Å². The molecule has 58 valence electrons. The average Bonchev–Trinajstić information content (AvgIpc) is 2.19. The molecule has 1 rings (SSSR count). The molecule has 0 saturated carbocycles. The van der Waals surface area contributed by atoms with E-state index in [0.717, 1.165) is 6.42 Å². The standard InChI is InChI=1S/C6H6N2.C2N2/c7-8-6-4-2-1-3-5-6;3-1-2-4/h1-4H,5H2;. The Morgan fingerprint density at radius 1 is 1.33 bits per heavy atom. The van der Waals surface area contributed by atoms with Crippen LogP contribution < -0.4 is 0 Å². The van der Waals surface area contributed by atoms with Crippen LogP contribution in [0.15, 0.2) is 24.3 Å². The van der Waals surface area contributed by atoms with Crippen molar-refractivity contribution in [2.24, 2.45) is 0 Å². The number of nitrogens with zero attached hydrogens (tertiary/aromatic N) is 4. The number of hydrogen-bond acceptors (Lipinski definition) is 2. The molecular weight excluding hydrogens is 152 g/mol. The molecule has 0 aromatic heterocycles. The molecule has 0 amide bonds. The van der Waals surface area contributed by atoms with Gasteiger partial charge in [-0.05, 0) is 0 Å². The lowest BCUT2D eigenvalue weighted by molar-refractivity contribution is -0.00537. The molecule has 0 aromatic rings. The Balaban J connectivity index is 0.000000261. The number of hydrogen-bond donors (Lipinski definition) is 0. The van der Waals surface area contributed by atoms with Crippen LogP contribution >= 0.6 is 0 Å². The highest BCUT2D eigenvalue weighted by Gasteiger charge is 1.99. The quantitative estimate of drug-likeness (QED) is 0.392. The zero-order chi connectivity index (χ0) is 9.23. The highest BCUT2D eigenvalue weighted by Crippen LogP contribution is 1.94. The molecule has 0 radical (unpaired) electrons. The van der Waals surface area contributed by atoms with E-state index < -0.39 is 0 Å². The second-order valence-electron chi connectivity index (χ2n) is 1.81. The summed E-state index contributed by atoms with van der Waals surface area (Å²) in [6.45, 7) is 0. The first-order chi connectivity index (χ1) is 5.85. The molecule has 0 spiro atoms. The van der Waals surface area contributed by atoms with Crippen molar-refractivity contribution in [2.45, 2.75) is 6.42 Å². The molecule has 0 unspecified atom stereocenters. The minimum absolute atomic E-state index is 0.715. The van der Waals surface area contributed by atoms with Crippen LogP contribution in [0, 0.1) is 22.7 Å². The Morgan fingerprint density at radius 3 is 2.25 bits per heavy atom. The minimum atomic E-state index is 0.715. The summed E-state index contributed by atoms with van der Waals surface area (Å²) in [6.07, 6.45) is 8.23. The van der Waals surface area contributed by atoms with Crippen LogP contribution in [0.3, 0.4) is 0 Å². The maximum atomic E-state index is 8.19. The topological polar surface area (TPSA) is 84.0 Å². The predicted octanol–water partition coefficient (Wildman–Crippen LogP) is 1.21. The van der Waals surface area contributed by atoms with Gasteiger partial charge in [-0.2, -0.15) is 15.3 Å². The Kier molecular flexibility index (Phi) is 5.70. The highest BCUT2D eigenvalue weighted by atomic mass is 14.8. The number of allylic oxidation sites excluding steroid dienone is 4. The molecule has 0 aliphatic heterocycles. The Labute approximate surface area is 70.3 Å². The summed E-state index contributed by atoms with van der Waals surface area (Å²) in [4.78, 5) is 3.03. The third kappa shape index (κ3) is 4.69. The summed E-state index contributed by atoms with van der Waals surface area (Å²) < 4.78 is 0. The molecule has 0 atom stereocenters. The lowest BCUT2D eigenvalue weighted by Gasteiger charge is -1.85. The van der Waals surface area contributed by atoms with Crippen molar-refractivity contribution in [3.05, 3.63) is 29.8 Å². The van der Waals surface area contributed by atoms with E-state index in [1.807, 2.05) is 18.2 Å².